The highest BCUT2D eigenvalue weighted by molar-refractivity contribution is 5.38. The summed E-state index contributed by atoms with van der Waals surface area (Å²) < 4.78 is 1.12. The summed E-state index contributed by atoms with van der Waals surface area (Å²) in [6.45, 7) is 0. The Morgan fingerprint density at radius 3 is 2.56 bits per heavy atom. The predicted molar refractivity (Wildman–Crippen MR) is 53.3 cm³/mol. The van der Waals surface area contributed by atoms with Crippen molar-refractivity contribution >= 4 is 5.69 Å². The molecule has 8 heteroatoms. The van der Waals surface area contributed by atoms with E-state index in [0.29, 0.717) is 0 Å². The van der Waals surface area contributed by atoms with Crippen molar-refractivity contribution in [1.29, 1.82) is 0 Å². The van der Waals surface area contributed by atoms with E-state index in [1.54, 1.807) is 0 Å². The van der Waals surface area contributed by atoms with Crippen molar-refractivity contribution in [3.63, 3.8) is 0 Å². The molecule has 2 aromatic heterocycles. The minimum Gasteiger partial charge on any atom is -0.310 e. The lowest BCUT2D eigenvalue weighted by Gasteiger charge is -2.02. The van der Waals surface area contributed by atoms with Gasteiger partial charge in [0.25, 0.3) is 11.2 Å². The molecular formula is C8H7N5O3. The summed E-state index contributed by atoms with van der Waals surface area (Å²) in [5, 5.41) is 18.1. The van der Waals surface area contributed by atoms with E-state index in [9.17, 15) is 14.9 Å². The van der Waals surface area contributed by atoms with E-state index < -0.39 is 10.5 Å². The fourth-order valence-corrected chi connectivity index (χ4v) is 1.26. The largest absolute Gasteiger partial charge is 0.310 e. The first-order valence-electron chi connectivity index (χ1n) is 4.31. The average molecular weight is 221 g/mol. The van der Waals surface area contributed by atoms with E-state index in [-0.39, 0.29) is 11.4 Å². The van der Waals surface area contributed by atoms with Crippen LogP contribution in [0.15, 0.2) is 29.5 Å². The van der Waals surface area contributed by atoms with Crippen LogP contribution < -0.4 is 5.56 Å². The van der Waals surface area contributed by atoms with Crippen LogP contribution in [0.5, 0.6) is 0 Å². The topological polar surface area (TPSA) is 95.8 Å². The van der Waals surface area contributed by atoms with Gasteiger partial charge in [-0.25, -0.2) is 0 Å². The molecule has 0 atom stereocenters. The van der Waals surface area contributed by atoms with Gasteiger partial charge in [0.1, 0.15) is 0 Å². The summed E-state index contributed by atoms with van der Waals surface area (Å²) in [5.41, 5.74) is -0.544. The molecule has 2 aromatic rings. The lowest BCUT2D eigenvalue weighted by atomic mass is 10.3. The molecule has 0 aliphatic heterocycles. The van der Waals surface area contributed by atoms with E-state index in [1.807, 2.05) is 0 Å². The second kappa shape index (κ2) is 3.57. The van der Waals surface area contributed by atoms with Gasteiger partial charge < -0.3 is 4.57 Å². The molecular weight excluding hydrogens is 214 g/mol. The van der Waals surface area contributed by atoms with Gasteiger partial charge >= 0.3 is 0 Å². The first-order valence-corrected chi connectivity index (χ1v) is 4.31. The van der Waals surface area contributed by atoms with E-state index in [4.69, 9.17) is 0 Å². The first kappa shape index (κ1) is 10.0. The van der Waals surface area contributed by atoms with Crippen LogP contribution in [0.2, 0.25) is 0 Å². The molecule has 0 unspecified atom stereocenters. The monoisotopic (exact) mass is 221 g/mol. The summed E-state index contributed by atoms with van der Waals surface area (Å²) >= 11 is 0. The third-order valence-corrected chi connectivity index (χ3v) is 2.00. The van der Waals surface area contributed by atoms with Gasteiger partial charge in [0.2, 0.25) is 0 Å². The molecule has 0 saturated heterocycles. The maximum absolute atomic E-state index is 11.7. The minimum absolute atomic E-state index is 0.0432. The van der Waals surface area contributed by atoms with Crippen LogP contribution in [0.25, 0.3) is 5.69 Å². The number of nitro groups is 1. The minimum atomic E-state index is -0.577. The smallest absolute Gasteiger partial charge is 0.287 e. The van der Waals surface area contributed by atoms with Crippen LogP contribution in [-0.2, 0) is 7.05 Å². The zero-order chi connectivity index (χ0) is 11.7. The highest BCUT2D eigenvalue weighted by atomic mass is 16.6. The average Bonchev–Trinajstić information content (AvgIpc) is 2.74. The van der Waals surface area contributed by atoms with Crippen molar-refractivity contribution < 1.29 is 4.92 Å². The molecule has 0 amide bonds. The molecule has 2 heterocycles. The van der Waals surface area contributed by atoms with Gasteiger partial charge in [0, 0.05) is 7.05 Å². The van der Waals surface area contributed by atoms with Gasteiger partial charge in [-0.3, -0.25) is 14.9 Å². The van der Waals surface area contributed by atoms with E-state index >= 15 is 0 Å². The van der Waals surface area contributed by atoms with Gasteiger partial charge in [-0.2, -0.15) is 10.2 Å². The second-order valence-corrected chi connectivity index (χ2v) is 3.08. The van der Waals surface area contributed by atoms with Crippen LogP contribution in [0, 0.1) is 10.1 Å². The van der Waals surface area contributed by atoms with Gasteiger partial charge in [-0.15, -0.1) is 4.80 Å². The third-order valence-electron chi connectivity index (χ3n) is 2.00. The number of nitrogens with zero attached hydrogens (tertiary/aromatic N) is 5. The molecule has 0 aromatic carbocycles. The Morgan fingerprint density at radius 2 is 2.00 bits per heavy atom. The van der Waals surface area contributed by atoms with Crippen molar-refractivity contribution in [3.05, 3.63) is 45.1 Å². The lowest BCUT2D eigenvalue weighted by molar-refractivity contribution is -0.385. The number of rotatable bonds is 2. The Hall–Kier alpha value is -2.51. The maximum Gasteiger partial charge on any atom is 0.287 e. The van der Waals surface area contributed by atoms with Crippen molar-refractivity contribution in [2.45, 2.75) is 0 Å². The van der Waals surface area contributed by atoms with Crippen molar-refractivity contribution in [1.82, 2.24) is 19.6 Å². The highest BCUT2D eigenvalue weighted by Gasteiger charge is 2.14. The highest BCUT2D eigenvalue weighted by Crippen LogP contribution is 2.11. The summed E-state index contributed by atoms with van der Waals surface area (Å²) in [7, 11) is 1.43. The predicted octanol–water partition coefficient (Wildman–Crippen LogP) is -0.126. The van der Waals surface area contributed by atoms with Gasteiger partial charge in [0.05, 0.1) is 29.6 Å². The lowest BCUT2D eigenvalue weighted by Crippen LogP contribution is -2.23. The summed E-state index contributed by atoms with van der Waals surface area (Å²) in [4.78, 5) is 22.8. The van der Waals surface area contributed by atoms with Crippen molar-refractivity contribution in [2.24, 2.45) is 7.05 Å². The van der Waals surface area contributed by atoms with Crippen LogP contribution in [0.3, 0.4) is 0 Å². The SMILES string of the molecule is Cn1cc([N+](=O)[O-])cc(-n2nccn2)c1=O. The standard InChI is InChI=1S/C8H7N5O3/c1-11-5-6(13(15)16)4-7(8(11)14)12-9-2-3-10-12/h2-5H,1H3. The number of aromatic nitrogens is 4. The fraction of sp³-hybridized carbons (Fsp3) is 0.125. The maximum atomic E-state index is 11.7. The molecule has 2 rings (SSSR count). The Bertz CT molecular complexity index is 586. The van der Waals surface area contributed by atoms with Crippen molar-refractivity contribution in [2.75, 3.05) is 0 Å². The zero-order valence-corrected chi connectivity index (χ0v) is 8.27. The summed E-state index contributed by atoms with van der Waals surface area (Å²) in [6, 6.07) is 1.14. The van der Waals surface area contributed by atoms with Crippen molar-refractivity contribution in [3.8, 4) is 5.69 Å². The number of hydrogen-bond donors (Lipinski definition) is 0. The Morgan fingerprint density at radius 1 is 1.38 bits per heavy atom. The molecule has 8 nitrogen and oxygen atoms in total. The molecule has 0 aliphatic carbocycles. The van der Waals surface area contributed by atoms with Gasteiger partial charge in [0.15, 0.2) is 5.69 Å². The number of hydrogen-bond acceptors (Lipinski definition) is 5. The quantitative estimate of drug-likeness (QED) is 0.520. The Balaban J connectivity index is 2.70. The molecule has 0 radical (unpaired) electrons. The molecule has 0 aliphatic rings. The van der Waals surface area contributed by atoms with Crippen LogP contribution in [0.1, 0.15) is 0 Å². The molecule has 0 N–H and O–H groups in total. The normalized spacial score (nSPS) is 10.3. The van der Waals surface area contributed by atoms with E-state index in [2.05, 4.69) is 10.2 Å². The zero-order valence-electron chi connectivity index (χ0n) is 8.27. The fourth-order valence-electron chi connectivity index (χ4n) is 1.26. The van der Waals surface area contributed by atoms with Gasteiger partial charge in [-0.05, 0) is 0 Å². The third kappa shape index (κ3) is 1.56. The second-order valence-electron chi connectivity index (χ2n) is 3.08. The van der Waals surface area contributed by atoms with Crippen LogP contribution >= 0.6 is 0 Å². The summed E-state index contributed by atoms with van der Waals surface area (Å²) in [5.74, 6) is 0. The Kier molecular flexibility index (Phi) is 2.24. The van der Waals surface area contributed by atoms with Crippen LogP contribution in [0.4, 0.5) is 5.69 Å². The van der Waals surface area contributed by atoms with E-state index in [0.717, 1.165) is 21.6 Å². The number of aryl methyl sites for hydroxylation is 1. The van der Waals surface area contributed by atoms with Crippen LogP contribution in [-0.4, -0.2) is 24.5 Å². The summed E-state index contributed by atoms with van der Waals surface area (Å²) in [6.07, 6.45) is 3.92. The molecule has 0 saturated carbocycles. The Labute approximate surface area is 88.9 Å². The molecule has 0 fully saturated rings. The molecule has 82 valence electrons. The number of pyridine rings is 1. The molecule has 0 bridgehead atoms. The van der Waals surface area contributed by atoms with E-state index in [1.165, 1.54) is 19.4 Å². The molecule has 16 heavy (non-hydrogen) atoms. The van der Waals surface area contributed by atoms with Gasteiger partial charge in [-0.1, -0.05) is 0 Å². The first-order chi connectivity index (χ1) is 7.59. The molecule has 0 spiro atoms.